The van der Waals surface area contributed by atoms with Crippen LogP contribution < -0.4 is 16.3 Å². The van der Waals surface area contributed by atoms with Gasteiger partial charge in [0.05, 0.1) is 17.0 Å². The van der Waals surface area contributed by atoms with E-state index in [2.05, 4.69) is 20.6 Å². The highest BCUT2D eigenvalue weighted by molar-refractivity contribution is 6.05. The number of H-pyrrole nitrogens is 2. The number of halogens is 1. The molecule has 2 heterocycles. The highest BCUT2D eigenvalue weighted by Gasteiger charge is 2.31. The Morgan fingerprint density at radius 3 is 2.72 bits per heavy atom. The van der Waals surface area contributed by atoms with Crippen LogP contribution in [0.15, 0.2) is 41.2 Å². The molecule has 8 heteroatoms. The van der Waals surface area contributed by atoms with Crippen molar-refractivity contribution in [3.8, 4) is 0 Å². The second-order valence-corrected chi connectivity index (χ2v) is 5.87. The van der Waals surface area contributed by atoms with E-state index in [1.165, 1.54) is 18.2 Å². The molecule has 0 bridgehead atoms. The lowest BCUT2D eigenvalue weighted by Gasteiger charge is -2.24. The summed E-state index contributed by atoms with van der Waals surface area (Å²) in [6.45, 7) is 0. The van der Waals surface area contributed by atoms with Crippen molar-refractivity contribution in [2.45, 2.75) is 12.3 Å². The average molecular weight is 340 g/mol. The van der Waals surface area contributed by atoms with Gasteiger partial charge in [0.15, 0.2) is 0 Å². The molecule has 0 saturated carbocycles. The molecule has 7 nitrogen and oxygen atoms in total. The topological polar surface area (TPSA) is 107 Å². The molecule has 0 aliphatic carbocycles. The molecule has 1 atom stereocenters. The van der Waals surface area contributed by atoms with E-state index >= 15 is 0 Å². The lowest BCUT2D eigenvalue weighted by atomic mass is 9.89. The van der Waals surface area contributed by atoms with Gasteiger partial charge in [-0.05, 0) is 35.9 Å². The molecule has 0 spiro atoms. The Labute approximate surface area is 140 Å². The van der Waals surface area contributed by atoms with Crippen molar-refractivity contribution >= 4 is 34.2 Å². The lowest BCUT2D eigenvalue weighted by molar-refractivity contribution is -0.123. The fourth-order valence-electron chi connectivity index (χ4n) is 3.01. The van der Waals surface area contributed by atoms with Crippen LogP contribution in [0.5, 0.6) is 0 Å². The van der Waals surface area contributed by atoms with E-state index in [1.807, 2.05) is 0 Å². The molecule has 1 aliphatic heterocycles. The van der Waals surface area contributed by atoms with Crippen molar-refractivity contribution < 1.29 is 14.0 Å². The Balaban J connectivity index is 1.64. The first-order chi connectivity index (χ1) is 12.0. The summed E-state index contributed by atoms with van der Waals surface area (Å²) >= 11 is 0. The third-order valence-electron chi connectivity index (χ3n) is 4.15. The van der Waals surface area contributed by atoms with E-state index in [0.717, 1.165) is 0 Å². The molecule has 2 amide bonds. The van der Waals surface area contributed by atoms with Gasteiger partial charge < -0.3 is 20.6 Å². The van der Waals surface area contributed by atoms with Gasteiger partial charge in [0.25, 0.3) is 0 Å². The molecule has 4 rings (SSSR count). The number of aromatic amines is 2. The number of rotatable bonds is 2. The second-order valence-electron chi connectivity index (χ2n) is 5.87. The van der Waals surface area contributed by atoms with E-state index in [1.54, 1.807) is 18.2 Å². The van der Waals surface area contributed by atoms with E-state index < -0.39 is 11.7 Å². The fraction of sp³-hybridized carbons (Fsp3) is 0.118. The Hall–Kier alpha value is -3.42. The van der Waals surface area contributed by atoms with Crippen LogP contribution >= 0.6 is 0 Å². The number of carbonyl (C=O) groups excluding carboxylic acids is 2. The summed E-state index contributed by atoms with van der Waals surface area (Å²) in [5.41, 5.74) is 2.21. The molecule has 2 aromatic carbocycles. The van der Waals surface area contributed by atoms with Gasteiger partial charge in [0.1, 0.15) is 5.82 Å². The maximum Gasteiger partial charge on any atom is 0.323 e. The first kappa shape index (κ1) is 15.1. The number of nitrogens with one attached hydrogen (secondary N) is 4. The number of anilines is 2. The van der Waals surface area contributed by atoms with Crippen LogP contribution in [-0.4, -0.2) is 21.8 Å². The zero-order valence-electron chi connectivity index (χ0n) is 12.9. The van der Waals surface area contributed by atoms with Crippen LogP contribution in [0.25, 0.3) is 11.0 Å². The molecule has 1 aliphatic rings. The molecular formula is C17H13FN4O3. The maximum absolute atomic E-state index is 13.4. The van der Waals surface area contributed by atoms with E-state index in [0.29, 0.717) is 28.0 Å². The third-order valence-corrected chi connectivity index (χ3v) is 4.15. The minimum absolute atomic E-state index is 0.0201. The van der Waals surface area contributed by atoms with Crippen molar-refractivity contribution in [3.05, 3.63) is 58.3 Å². The molecule has 1 unspecified atom stereocenters. The number of aromatic nitrogens is 2. The van der Waals surface area contributed by atoms with Gasteiger partial charge >= 0.3 is 5.69 Å². The first-order valence-corrected chi connectivity index (χ1v) is 7.62. The van der Waals surface area contributed by atoms with Crippen molar-refractivity contribution in [3.63, 3.8) is 0 Å². The van der Waals surface area contributed by atoms with Crippen LogP contribution in [0.2, 0.25) is 0 Å². The SMILES string of the molecule is O=C1CC(C(=O)Nc2ccc3[nH]c(=O)[nH]c3c2)c2ccc(F)cc2N1. The molecule has 25 heavy (non-hydrogen) atoms. The molecular weight excluding hydrogens is 327 g/mol. The van der Waals surface area contributed by atoms with E-state index in [-0.39, 0.29) is 23.9 Å². The lowest BCUT2D eigenvalue weighted by Crippen LogP contribution is -2.30. The molecule has 0 radical (unpaired) electrons. The predicted octanol–water partition coefficient (Wildman–Crippen LogP) is 2.06. The number of imidazole rings is 1. The molecule has 1 aromatic heterocycles. The minimum Gasteiger partial charge on any atom is -0.326 e. The number of amides is 2. The van der Waals surface area contributed by atoms with Crippen LogP contribution in [0.3, 0.4) is 0 Å². The normalized spacial score (nSPS) is 16.4. The van der Waals surface area contributed by atoms with Gasteiger partial charge in [-0.1, -0.05) is 6.07 Å². The predicted molar refractivity (Wildman–Crippen MR) is 89.9 cm³/mol. The number of hydrogen-bond donors (Lipinski definition) is 4. The second kappa shape index (κ2) is 5.59. The van der Waals surface area contributed by atoms with Crippen molar-refractivity contribution in [1.29, 1.82) is 0 Å². The summed E-state index contributed by atoms with van der Waals surface area (Å²) in [4.78, 5) is 41.0. The smallest absolute Gasteiger partial charge is 0.323 e. The van der Waals surface area contributed by atoms with Crippen molar-refractivity contribution in [2.24, 2.45) is 0 Å². The van der Waals surface area contributed by atoms with Gasteiger partial charge in [-0.3, -0.25) is 9.59 Å². The summed E-state index contributed by atoms with van der Waals surface area (Å²) < 4.78 is 13.4. The number of carbonyl (C=O) groups is 2. The summed E-state index contributed by atoms with van der Waals surface area (Å²) in [7, 11) is 0. The van der Waals surface area contributed by atoms with Crippen LogP contribution in [0.4, 0.5) is 15.8 Å². The van der Waals surface area contributed by atoms with Gasteiger partial charge in [0.2, 0.25) is 11.8 Å². The monoisotopic (exact) mass is 340 g/mol. The Morgan fingerprint density at radius 1 is 1.08 bits per heavy atom. The summed E-state index contributed by atoms with van der Waals surface area (Å²) in [6, 6.07) is 8.90. The minimum atomic E-state index is -0.717. The fourth-order valence-corrected chi connectivity index (χ4v) is 3.01. The van der Waals surface area contributed by atoms with Crippen molar-refractivity contribution in [2.75, 3.05) is 10.6 Å². The Kier molecular flexibility index (Phi) is 3.38. The van der Waals surface area contributed by atoms with Crippen LogP contribution in [-0.2, 0) is 9.59 Å². The summed E-state index contributed by atoms with van der Waals surface area (Å²) in [6.07, 6.45) is -0.0201. The first-order valence-electron chi connectivity index (χ1n) is 7.62. The van der Waals surface area contributed by atoms with Gasteiger partial charge in [-0.2, -0.15) is 0 Å². The largest absolute Gasteiger partial charge is 0.326 e. The molecule has 126 valence electrons. The Morgan fingerprint density at radius 2 is 1.88 bits per heavy atom. The molecule has 4 N–H and O–H groups in total. The highest BCUT2D eigenvalue weighted by atomic mass is 19.1. The molecule has 3 aromatic rings. The van der Waals surface area contributed by atoms with Gasteiger partial charge in [-0.15, -0.1) is 0 Å². The zero-order valence-corrected chi connectivity index (χ0v) is 12.9. The van der Waals surface area contributed by atoms with Crippen LogP contribution in [0.1, 0.15) is 17.9 Å². The maximum atomic E-state index is 13.4. The van der Waals surface area contributed by atoms with Gasteiger partial charge in [-0.25, -0.2) is 9.18 Å². The Bertz CT molecular complexity index is 1070. The summed E-state index contributed by atoms with van der Waals surface area (Å²) in [5.74, 6) is -1.92. The van der Waals surface area contributed by atoms with Crippen molar-refractivity contribution in [1.82, 2.24) is 9.97 Å². The molecule has 0 fully saturated rings. The number of fused-ring (bicyclic) bond motifs is 2. The number of benzene rings is 2. The van der Waals surface area contributed by atoms with Crippen LogP contribution in [0, 0.1) is 5.82 Å². The van der Waals surface area contributed by atoms with Gasteiger partial charge in [0, 0.05) is 17.8 Å². The zero-order chi connectivity index (χ0) is 17.6. The van der Waals surface area contributed by atoms with E-state index in [4.69, 9.17) is 0 Å². The number of hydrogen-bond acceptors (Lipinski definition) is 3. The third kappa shape index (κ3) is 2.78. The average Bonchev–Trinajstić information content (AvgIpc) is 2.92. The van der Waals surface area contributed by atoms with E-state index in [9.17, 15) is 18.8 Å². The quantitative estimate of drug-likeness (QED) is 0.573. The highest BCUT2D eigenvalue weighted by Crippen LogP contribution is 2.33. The standard InChI is InChI=1S/C17H13FN4O3/c18-8-1-3-10-11(7-15(23)20-13(10)5-8)16(24)19-9-2-4-12-14(6-9)22-17(25)21-12/h1-6,11H,7H2,(H,19,24)(H,20,23)(H2,21,22,25). The molecule has 0 saturated heterocycles. The summed E-state index contributed by atoms with van der Waals surface area (Å²) in [5, 5.41) is 5.31.